The predicted molar refractivity (Wildman–Crippen MR) is 127 cm³/mol. The highest BCUT2D eigenvalue weighted by atomic mass is 16.6. The normalized spacial score (nSPS) is 21.7. The lowest BCUT2D eigenvalue weighted by molar-refractivity contribution is -0.152. The molecule has 35 heavy (non-hydrogen) atoms. The third-order valence-corrected chi connectivity index (χ3v) is 6.08. The maximum absolute atomic E-state index is 13.3. The summed E-state index contributed by atoms with van der Waals surface area (Å²) in [4.78, 5) is 45.8. The fourth-order valence-corrected chi connectivity index (χ4v) is 4.41. The third-order valence-electron chi connectivity index (χ3n) is 6.08. The first-order valence-electron chi connectivity index (χ1n) is 11.3. The van der Waals surface area contributed by atoms with E-state index in [0.717, 1.165) is 16.2 Å². The highest BCUT2D eigenvalue weighted by molar-refractivity contribution is 6.03. The summed E-state index contributed by atoms with van der Waals surface area (Å²) >= 11 is 0. The summed E-state index contributed by atoms with van der Waals surface area (Å²) in [5.41, 5.74) is 1.61. The Kier molecular flexibility index (Phi) is 6.26. The van der Waals surface area contributed by atoms with Crippen LogP contribution in [0.25, 0.3) is 6.08 Å². The minimum Gasteiger partial charge on any atom is -0.447 e. The minimum absolute atomic E-state index is 0.136. The number of nitrogens with zero attached hydrogens (tertiary/aromatic N) is 3. The van der Waals surface area contributed by atoms with E-state index in [4.69, 9.17) is 9.47 Å². The van der Waals surface area contributed by atoms with Crippen LogP contribution in [-0.4, -0.2) is 51.6 Å². The van der Waals surface area contributed by atoms with Gasteiger partial charge in [0.25, 0.3) is 5.91 Å². The van der Waals surface area contributed by atoms with Gasteiger partial charge in [-0.15, -0.1) is 0 Å². The topological polar surface area (TPSA) is 89.0 Å². The van der Waals surface area contributed by atoms with E-state index in [0.29, 0.717) is 12.2 Å². The molecule has 0 radical (unpaired) electrons. The molecule has 176 valence electrons. The zero-order valence-electron chi connectivity index (χ0n) is 18.8. The lowest BCUT2D eigenvalue weighted by atomic mass is 9.89. The van der Waals surface area contributed by atoms with Gasteiger partial charge in [-0.3, -0.25) is 14.7 Å². The maximum atomic E-state index is 13.3. The number of likely N-dealkylation sites (tertiary alicyclic amines) is 1. The molecule has 3 atom stereocenters. The second-order valence-corrected chi connectivity index (χ2v) is 8.20. The van der Waals surface area contributed by atoms with Crippen molar-refractivity contribution in [3.63, 3.8) is 0 Å². The van der Waals surface area contributed by atoms with Crippen LogP contribution < -0.4 is 4.74 Å². The molecule has 5 rings (SSSR count). The number of hydrogen-bond donors (Lipinski definition) is 0. The zero-order valence-corrected chi connectivity index (χ0v) is 18.8. The smallest absolute Gasteiger partial charge is 0.422 e. The van der Waals surface area contributed by atoms with E-state index in [1.807, 2.05) is 60.7 Å². The van der Waals surface area contributed by atoms with Gasteiger partial charge < -0.3 is 9.47 Å². The standard InChI is InChI=1S/C27H23N3O5/c31-25-24(29-23(18-34-26(29)32)19-10-3-1-4-11-19)22(16-9-13-20-12-7-8-17-28-20)30(25)27(33)35-21-14-5-2-6-15-21/h1-15,17,22-24H,16,18H2/b13-9+/t22-,23-,24-/m1/s1. The number of pyridine rings is 1. The van der Waals surface area contributed by atoms with Crippen LogP contribution in [0.3, 0.4) is 0 Å². The average Bonchev–Trinajstić information content (AvgIpc) is 3.25. The molecule has 2 saturated heterocycles. The number of ether oxygens (including phenoxy) is 2. The van der Waals surface area contributed by atoms with Gasteiger partial charge in [0.2, 0.25) is 0 Å². The van der Waals surface area contributed by atoms with Crippen molar-refractivity contribution < 1.29 is 23.9 Å². The SMILES string of the molecule is O=C(Oc1ccccc1)N1C(=O)[C@H](N2C(=O)OC[C@@H]2c2ccccc2)[C@H]1C/C=C/c1ccccn1. The molecule has 2 fully saturated rings. The molecular formula is C27H23N3O5. The van der Waals surface area contributed by atoms with Crippen LogP contribution in [0.1, 0.15) is 23.7 Å². The molecule has 2 aromatic carbocycles. The Bertz CT molecular complexity index is 1230. The fraction of sp³-hybridized carbons (Fsp3) is 0.185. The van der Waals surface area contributed by atoms with Gasteiger partial charge in [0, 0.05) is 6.20 Å². The van der Waals surface area contributed by atoms with Crippen LogP contribution in [0.15, 0.2) is 91.1 Å². The molecule has 0 saturated carbocycles. The van der Waals surface area contributed by atoms with Crippen LogP contribution in [0.4, 0.5) is 9.59 Å². The van der Waals surface area contributed by atoms with Gasteiger partial charge in [0.05, 0.1) is 17.8 Å². The Morgan fingerprint density at radius 2 is 1.71 bits per heavy atom. The number of carbonyl (C=O) groups is 3. The quantitative estimate of drug-likeness (QED) is 0.496. The summed E-state index contributed by atoms with van der Waals surface area (Å²) in [6.45, 7) is 0.136. The van der Waals surface area contributed by atoms with Gasteiger partial charge in [0.1, 0.15) is 18.4 Å². The monoisotopic (exact) mass is 469 g/mol. The van der Waals surface area contributed by atoms with Crippen LogP contribution in [0.5, 0.6) is 5.75 Å². The lowest BCUT2D eigenvalue weighted by Gasteiger charge is -2.48. The average molecular weight is 469 g/mol. The van der Waals surface area contributed by atoms with Gasteiger partial charge in [-0.05, 0) is 42.3 Å². The number of hydrogen-bond acceptors (Lipinski definition) is 6. The number of aromatic nitrogens is 1. The van der Waals surface area contributed by atoms with Gasteiger partial charge in [0.15, 0.2) is 0 Å². The fourth-order valence-electron chi connectivity index (χ4n) is 4.41. The molecule has 8 heteroatoms. The Labute approximate surface area is 202 Å². The van der Waals surface area contributed by atoms with Gasteiger partial charge in [-0.25, -0.2) is 14.5 Å². The molecule has 2 aliphatic rings. The van der Waals surface area contributed by atoms with Crippen molar-refractivity contribution in [2.24, 2.45) is 0 Å². The van der Waals surface area contributed by atoms with E-state index in [1.54, 1.807) is 36.5 Å². The second kappa shape index (κ2) is 9.80. The van der Waals surface area contributed by atoms with Crippen molar-refractivity contribution in [2.75, 3.05) is 6.61 Å². The van der Waals surface area contributed by atoms with Crippen LogP contribution >= 0.6 is 0 Å². The molecule has 0 bridgehead atoms. The highest BCUT2D eigenvalue weighted by Gasteiger charge is 2.58. The summed E-state index contributed by atoms with van der Waals surface area (Å²) < 4.78 is 10.8. The van der Waals surface area contributed by atoms with E-state index in [-0.39, 0.29) is 6.61 Å². The predicted octanol–water partition coefficient (Wildman–Crippen LogP) is 4.46. The number of benzene rings is 2. The van der Waals surface area contributed by atoms with E-state index in [9.17, 15) is 14.4 Å². The first-order valence-corrected chi connectivity index (χ1v) is 11.3. The van der Waals surface area contributed by atoms with Gasteiger partial charge in [-0.1, -0.05) is 60.7 Å². The zero-order chi connectivity index (χ0) is 24.2. The van der Waals surface area contributed by atoms with E-state index >= 15 is 0 Å². The molecule has 0 spiro atoms. The molecule has 0 unspecified atom stereocenters. The number of imide groups is 1. The molecule has 0 aliphatic carbocycles. The van der Waals surface area contributed by atoms with Crippen LogP contribution in [0.2, 0.25) is 0 Å². The molecule has 0 N–H and O–H groups in total. The largest absolute Gasteiger partial charge is 0.447 e. The Morgan fingerprint density at radius 3 is 2.43 bits per heavy atom. The summed E-state index contributed by atoms with van der Waals surface area (Å²) in [5.74, 6) is -0.166. The van der Waals surface area contributed by atoms with Crippen LogP contribution in [0, 0.1) is 0 Å². The van der Waals surface area contributed by atoms with Crippen molar-refractivity contribution >= 4 is 24.2 Å². The highest BCUT2D eigenvalue weighted by Crippen LogP contribution is 2.38. The number of rotatable bonds is 6. The Balaban J connectivity index is 1.41. The molecule has 1 aromatic heterocycles. The second-order valence-electron chi connectivity index (χ2n) is 8.20. The molecule has 3 amide bonds. The van der Waals surface area contributed by atoms with Gasteiger partial charge >= 0.3 is 12.2 Å². The van der Waals surface area contributed by atoms with Crippen molar-refractivity contribution in [2.45, 2.75) is 24.5 Å². The van der Waals surface area contributed by atoms with Gasteiger partial charge in [-0.2, -0.15) is 0 Å². The number of amides is 3. The first kappa shape index (κ1) is 22.3. The Morgan fingerprint density at radius 1 is 1.00 bits per heavy atom. The summed E-state index contributed by atoms with van der Waals surface area (Å²) in [6.07, 6.45) is 4.31. The number of carbonyl (C=O) groups excluding carboxylic acids is 3. The van der Waals surface area contributed by atoms with E-state index in [1.165, 1.54) is 4.90 Å². The van der Waals surface area contributed by atoms with Crippen molar-refractivity contribution in [3.05, 3.63) is 102 Å². The third kappa shape index (κ3) is 4.50. The summed E-state index contributed by atoms with van der Waals surface area (Å²) in [7, 11) is 0. The maximum Gasteiger partial charge on any atom is 0.422 e. The molecule has 3 heterocycles. The lowest BCUT2D eigenvalue weighted by Crippen LogP contribution is -2.72. The van der Waals surface area contributed by atoms with E-state index in [2.05, 4.69) is 4.98 Å². The molecule has 2 aliphatic heterocycles. The molecule has 3 aromatic rings. The number of β-lactam (4-membered cyclic amide) rings is 1. The Hall–Kier alpha value is -4.46. The number of cyclic esters (lactones) is 1. The molecule has 8 nitrogen and oxygen atoms in total. The number of para-hydroxylation sites is 1. The minimum atomic E-state index is -0.855. The first-order chi connectivity index (χ1) is 17.1. The van der Waals surface area contributed by atoms with Crippen LogP contribution in [-0.2, 0) is 9.53 Å². The summed E-state index contributed by atoms with van der Waals surface area (Å²) in [6, 6.07) is 21.6. The van der Waals surface area contributed by atoms with Crippen molar-refractivity contribution in [3.8, 4) is 5.75 Å². The van der Waals surface area contributed by atoms with Crippen molar-refractivity contribution in [1.29, 1.82) is 0 Å². The molecular weight excluding hydrogens is 446 g/mol. The summed E-state index contributed by atoms with van der Waals surface area (Å²) in [5, 5.41) is 0. The van der Waals surface area contributed by atoms with E-state index < -0.39 is 36.2 Å². The van der Waals surface area contributed by atoms with Crippen molar-refractivity contribution in [1.82, 2.24) is 14.8 Å².